The second-order valence-corrected chi connectivity index (χ2v) is 9.90. The summed E-state index contributed by atoms with van der Waals surface area (Å²) in [4.78, 5) is 0. The van der Waals surface area contributed by atoms with Crippen molar-refractivity contribution in [3.63, 3.8) is 0 Å². The van der Waals surface area contributed by atoms with Crippen molar-refractivity contribution in [2.75, 3.05) is 13.2 Å². The van der Waals surface area contributed by atoms with Gasteiger partial charge in [0.1, 0.15) is 6.07 Å². The summed E-state index contributed by atoms with van der Waals surface area (Å²) in [7, 11) is -1.83. The van der Waals surface area contributed by atoms with Gasteiger partial charge in [-0.15, -0.1) is 0 Å². The van der Waals surface area contributed by atoms with Crippen LogP contribution in [0.15, 0.2) is 30.3 Å². The van der Waals surface area contributed by atoms with E-state index >= 15 is 0 Å². The highest BCUT2D eigenvalue weighted by Crippen LogP contribution is 2.32. The smallest absolute Gasteiger partial charge is 0.186 e. The zero-order chi connectivity index (χ0) is 14.4. The molecule has 0 bridgehead atoms. The molecule has 0 amide bonds. The predicted molar refractivity (Wildman–Crippen MR) is 79.3 cm³/mol. The minimum atomic E-state index is -1.83. The zero-order valence-electron chi connectivity index (χ0n) is 12.3. The Kier molecular flexibility index (Phi) is 5.74. The average molecular weight is 277 g/mol. The lowest BCUT2D eigenvalue weighted by Gasteiger charge is -2.34. The van der Waals surface area contributed by atoms with Crippen LogP contribution < -0.4 is 0 Å². The molecule has 0 unspecified atom stereocenters. The number of ether oxygens (including phenoxy) is 1. The largest absolute Gasteiger partial charge is 0.396 e. The molecule has 0 heterocycles. The van der Waals surface area contributed by atoms with E-state index in [0.29, 0.717) is 19.6 Å². The van der Waals surface area contributed by atoms with Crippen molar-refractivity contribution in [3.8, 4) is 6.07 Å². The van der Waals surface area contributed by atoms with Gasteiger partial charge in [-0.25, -0.2) is 0 Å². The Morgan fingerprint density at radius 1 is 1.21 bits per heavy atom. The van der Waals surface area contributed by atoms with E-state index in [9.17, 15) is 5.26 Å². The summed E-state index contributed by atoms with van der Waals surface area (Å²) in [6, 6.07) is 12.1. The molecule has 1 atom stereocenters. The van der Waals surface area contributed by atoms with Gasteiger partial charge in [-0.2, -0.15) is 5.26 Å². The van der Waals surface area contributed by atoms with Gasteiger partial charge in [-0.05, 0) is 32.1 Å². The number of hydrogen-bond acceptors (Lipinski definition) is 3. The number of hydrogen-bond donors (Lipinski definition) is 0. The summed E-state index contributed by atoms with van der Waals surface area (Å²) in [6.45, 7) is 9.44. The van der Waals surface area contributed by atoms with Gasteiger partial charge in [0.05, 0.1) is 6.61 Å². The second kappa shape index (κ2) is 6.85. The average Bonchev–Trinajstić information content (AvgIpc) is 2.37. The molecule has 1 aromatic carbocycles. The fourth-order valence-electron chi connectivity index (χ4n) is 1.99. The first-order valence-corrected chi connectivity index (χ1v) is 10.1. The van der Waals surface area contributed by atoms with Crippen LogP contribution in [0.5, 0.6) is 0 Å². The second-order valence-electron chi connectivity index (χ2n) is 5.47. The minimum Gasteiger partial charge on any atom is -0.396 e. The van der Waals surface area contributed by atoms with Crippen molar-refractivity contribution in [2.24, 2.45) is 0 Å². The summed E-state index contributed by atoms with van der Waals surface area (Å²) in [6.07, 6.45) is 0.561. The molecular weight excluding hydrogens is 254 g/mol. The Morgan fingerprint density at radius 3 is 2.32 bits per heavy atom. The van der Waals surface area contributed by atoms with Gasteiger partial charge in [0.25, 0.3) is 0 Å². The highest BCUT2D eigenvalue weighted by atomic mass is 28.4. The molecular formula is C15H23NO2Si. The fraction of sp³-hybridized carbons (Fsp3) is 0.533. The summed E-state index contributed by atoms with van der Waals surface area (Å²) in [5.41, 5.74) is 0.0283. The van der Waals surface area contributed by atoms with Gasteiger partial charge >= 0.3 is 0 Å². The quantitative estimate of drug-likeness (QED) is 0.564. The summed E-state index contributed by atoms with van der Waals surface area (Å²) < 4.78 is 11.6. The van der Waals surface area contributed by atoms with Crippen LogP contribution in [0.4, 0.5) is 0 Å². The number of nitriles is 1. The van der Waals surface area contributed by atoms with E-state index in [4.69, 9.17) is 9.16 Å². The van der Waals surface area contributed by atoms with Crippen LogP contribution in [0.3, 0.4) is 0 Å². The minimum absolute atomic E-state index is 0.531. The molecule has 19 heavy (non-hydrogen) atoms. The van der Waals surface area contributed by atoms with Gasteiger partial charge in [-0.3, -0.25) is 0 Å². The molecule has 0 aliphatic rings. The summed E-state index contributed by atoms with van der Waals surface area (Å²) in [5, 5.41) is 9.68. The van der Waals surface area contributed by atoms with Crippen molar-refractivity contribution in [1.82, 2.24) is 0 Å². The molecule has 1 aromatic rings. The lowest BCUT2D eigenvalue weighted by Crippen LogP contribution is -2.40. The molecule has 0 N–H and O–H groups in total. The Bertz CT molecular complexity index is 422. The lowest BCUT2D eigenvalue weighted by atomic mass is 9.92. The molecule has 0 aliphatic carbocycles. The summed E-state index contributed by atoms with van der Waals surface area (Å²) >= 11 is 0. The van der Waals surface area contributed by atoms with Crippen LogP contribution in [0, 0.1) is 11.3 Å². The monoisotopic (exact) mass is 277 g/mol. The van der Waals surface area contributed by atoms with Gasteiger partial charge in [0.2, 0.25) is 0 Å². The van der Waals surface area contributed by atoms with E-state index in [1.165, 1.54) is 0 Å². The van der Waals surface area contributed by atoms with Gasteiger partial charge in [-0.1, -0.05) is 30.3 Å². The third-order valence-electron chi connectivity index (χ3n) is 2.70. The SMILES string of the molecule is CCOCC[C@](C#N)(O[Si](C)(C)C)c1ccccc1. The van der Waals surface area contributed by atoms with Crippen LogP contribution in [-0.4, -0.2) is 21.5 Å². The molecule has 104 valence electrons. The highest BCUT2D eigenvalue weighted by molar-refractivity contribution is 6.69. The molecule has 0 fully saturated rings. The zero-order valence-corrected chi connectivity index (χ0v) is 13.3. The van der Waals surface area contributed by atoms with E-state index in [2.05, 4.69) is 25.7 Å². The lowest BCUT2D eigenvalue weighted by molar-refractivity contribution is 0.0556. The van der Waals surface area contributed by atoms with Crippen molar-refractivity contribution in [2.45, 2.75) is 38.6 Å². The number of rotatable bonds is 7. The maximum absolute atomic E-state index is 9.68. The first-order valence-electron chi connectivity index (χ1n) is 6.68. The molecule has 4 heteroatoms. The first-order chi connectivity index (χ1) is 8.93. The number of benzene rings is 1. The van der Waals surface area contributed by atoms with Crippen LogP contribution in [0.2, 0.25) is 19.6 Å². The normalized spacial score (nSPS) is 14.7. The van der Waals surface area contributed by atoms with E-state index in [1.807, 2.05) is 37.3 Å². The molecule has 1 rings (SSSR count). The van der Waals surface area contributed by atoms with E-state index in [1.54, 1.807) is 0 Å². The fourth-order valence-corrected chi connectivity index (χ4v) is 3.30. The molecule has 0 aliphatic heterocycles. The molecule has 0 aromatic heterocycles. The van der Waals surface area contributed by atoms with Crippen molar-refractivity contribution >= 4 is 8.32 Å². The van der Waals surface area contributed by atoms with Crippen molar-refractivity contribution < 1.29 is 9.16 Å². The summed E-state index contributed by atoms with van der Waals surface area (Å²) in [5.74, 6) is 0. The molecule has 0 saturated carbocycles. The standard InChI is InChI=1S/C15H23NO2Si/c1-5-17-12-11-15(13-16,18-19(2,3)4)14-9-7-6-8-10-14/h6-10H,5,11-12H2,1-4H3/t15-/m1/s1. The Balaban J connectivity index is 3.04. The van der Waals surface area contributed by atoms with Gasteiger partial charge in [0.15, 0.2) is 13.9 Å². The van der Waals surface area contributed by atoms with E-state index in [0.717, 1.165) is 5.56 Å². The van der Waals surface area contributed by atoms with E-state index < -0.39 is 13.9 Å². The Labute approximate surface area is 117 Å². The van der Waals surface area contributed by atoms with Gasteiger partial charge < -0.3 is 9.16 Å². The first kappa shape index (κ1) is 15.9. The van der Waals surface area contributed by atoms with Crippen LogP contribution >= 0.6 is 0 Å². The Hall–Kier alpha value is -1.15. The molecule has 3 nitrogen and oxygen atoms in total. The highest BCUT2D eigenvalue weighted by Gasteiger charge is 2.37. The predicted octanol–water partition coefficient (Wildman–Crippen LogP) is 3.68. The maximum atomic E-state index is 9.68. The number of nitrogens with zero attached hydrogens (tertiary/aromatic N) is 1. The Morgan fingerprint density at radius 2 is 1.84 bits per heavy atom. The molecule has 0 radical (unpaired) electrons. The van der Waals surface area contributed by atoms with Crippen molar-refractivity contribution in [3.05, 3.63) is 35.9 Å². The van der Waals surface area contributed by atoms with Crippen molar-refractivity contribution in [1.29, 1.82) is 5.26 Å². The van der Waals surface area contributed by atoms with Gasteiger partial charge in [0, 0.05) is 13.0 Å². The molecule has 0 spiro atoms. The maximum Gasteiger partial charge on any atom is 0.186 e. The third-order valence-corrected chi connectivity index (χ3v) is 3.66. The third kappa shape index (κ3) is 4.79. The van der Waals surface area contributed by atoms with Crippen LogP contribution in [0.1, 0.15) is 18.9 Å². The van der Waals surface area contributed by atoms with E-state index in [-0.39, 0.29) is 0 Å². The topological polar surface area (TPSA) is 42.2 Å². The molecule has 0 saturated heterocycles. The van der Waals surface area contributed by atoms with Crippen LogP contribution in [0.25, 0.3) is 0 Å². The van der Waals surface area contributed by atoms with Crippen LogP contribution in [-0.2, 0) is 14.8 Å².